The van der Waals surface area contributed by atoms with E-state index in [9.17, 15) is 9.18 Å². The summed E-state index contributed by atoms with van der Waals surface area (Å²) in [7, 11) is 1.55. The molecule has 37 heavy (non-hydrogen) atoms. The number of fused-ring (bicyclic) bond motifs is 2. The molecule has 2 saturated heterocycles. The first kappa shape index (κ1) is 23.6. The number of benzene rings is 2. The summed E-state index contributed by atoms with van der Waals surface area (Å²) in [6.07, 6.45) is 0. The summed E-state index contributed by atoms with van der Waals surface area (Å²) in [6.45, 7) is 5.64. The van der Waals surface area contributed by atoms with Crippen LogP contribution in [0.3, 0.4) is 0 Å². The number of rotatable bonds is 7. The van der Waals surface area contributed by atoms with Crippen LogP contribution in [0.5, 0.6) is 5.75 Å². The van der Waals surface area contributed by atoms with E-state index in [1.807, 2.05) is 29.2 Å². The summed E-state index contributed by atoms with van der Waals surface area (Å²) < 4.78 is 36.1. The van der Waals surface area contributed by atoms with E-state index in [1.54, 1.807) is 19.2 Å². The average Bonchev–Trinajstić information content (AvgIpc) is 3.66. The van der Waals surface area contributed by atoms with E-state index in [2.05, 4.69) is 22.3 Å². The number of aromatic nitrogens is 3. The number of carbonyl (C=O) groups is 1. The number of methoxy groups -OCH3 is 1. The van der Waals surface area contributed by atoms with Gasteiger partial charge in [-0.1, -0.05) is 24.2 Å². The van der Waals surface area contributed by atoms with Gasteiger partial charge in [-0.05, 0) is 18.2 Å². The molecule has 2 atom stereocenters. The Morgan fingerprint density at radius 3 is 2.86 bits per heavy atom. The van der Waals surface area contributed by atoms with Crippen molar-refractivity contribution in [3.05, 3.63) is 53.8 Å². The van der Waals surface area contributed by atoms with E-state index in [-0.39, 0.29) is 23.7 Å². The van der Waals surface area contributed by atoms with Gasteiger partial charge in [-0.2, -0.15) is 5.10 Å². The molecule has 2 aliphatic heterocycles. The number of likely N-dealkylation sites (tertiary alicyclic amines) is 1. The molecule has 9 nitrogen and oxygen atoms in total. The first-order chi connectivity index (χ1) is 17.9. The first-order valence-corrected chi connectivity index (χ1v) is 12.2. The standard InChI is InChI=1S/C27H27FN4O5/c1-27-14-32(12-18(27)13-35-15-27)26(33)17-5-3-16(4-6-17)21-10-24(37-31-21)25-19-9-20(28)23(36-8-7-34-2)11-22(19)29-30-25/h3-6,9-11,18H,7-8,12-15H2,1-2H3,(H,29,30)/t18-,27+/m0/s1. The molecule has 10 heteroatoms. The second-order valence-corrected chi connectivity index (χ2v) is 9.95. The lowest BCUT2D eigenvalue weighted by molar-refractivity contribution is 0.0727. The molecule has 0 unspecified atom stereocenters. The lowest BCUT2D eigenvalue weighted by atomic mass is 9.83. The van der Waals surface area contributed by atoms with Crippen LogP contribution in [-0.4, -0.2) is 72.8 Å². The van der Waals surface area contributed by atoms with E-state index in [0.29, 0.717) is 59.3 Å². The van der Waals surface area contributed by atoms with Crippen LogP contribution >= 0.6 is 0 Å². The third kappa shape index (κ3) is 4.25. The first-order valence-electron chi connectivity index (χ1n) is 12.2. The van der Waals surface area contributed by atoms with Crippen molar-refractivity contribution in [2.45, 2.75) is 6.92 Å². The predicted molar refractivity (Wildman–Crippen MR) is 133 cm³/mol. The van der Waals surface area contributed by atoms with Crippen LogP contribution in [0.25, 0.3) is 33.6 Å². The van der Waals surface area contributed by atoms with Crippen LogP contribution in [0.4, 0.5) is 4.39 Å². The number of halogens is 1. The van der Waals surface area contributed by atoms with Crippen molar-refractivity contribution in [1.29, 1.82) is 0 Å². The normalized spacial score (nSPS) is 21.1. The molecule has 0 bridgehead atoms. The van der Waals surface area contributed by atoms with Gasteiger partial charge in [0, 0.05) is 60.2 Å². The SMILES string of the molecule is COCCOc1cc2[nH]nc(-c3cc(-c4ccc(C(=O)N5C[C@H]6COC[C@@]6(C)C5)cc4)no3)c2cc1F. The van der Waals surface area contributed by atoms with E-state index in [1.165, 1.54) is 6.07 Å². The highest BCUT2D eigenvalue weighted by Crippen LogP contribution is 2.41. The molecule has 4 aromatic rings. The summed E-state index contributed by atoms with van der Waals surface area (Å²) in [6, 6.07) is 12.0. The number of carbonyl (C=O) groups excluding carboxylic acids is 1. The fourth-order valence-electron chi connectivity index (χ4n) is 5.16. The Labute approximate surface area is 212 Å². The predicted octanol–water partition coefficient (Wildman–Crippen LogP) is 4.16. The number of hydrogen-bond donors (Lipinski definition) is 1. The van der Waals surface area contributed by atoms with Gasteiger partial charge in [0.15, 0.2) is 17.3 Å². The lowest BCUT2D eigenvalue weighted by Crippen LogP contribution is -2.32. The summed E-state index contributed by atoms with van der Waals surface area (Å²) in [5.41, 5.74) is 3.12. The Kier molecular flexibility index (Phi) is 5.92. The highest BCUT2D eigenvalue weighted by Gasteiger charge is 2.48. The molecular formula is C27H27FN4O5. The van der Waals surface area contributed by atoms with Crippen molar-refractivity contribution in [2.75, 3.05) is 46.6 Å². The van der Waals surface area contributed by atoms with Gasteiger partial charge in [0.05, 0.1) is 25.3 Å². The number of H-pyrrole nitrogens is 1. The zero-order valence-corrected chi connectivity index (χ0v) is 20.6. The molecule has 0 aliphatic carbocycles. The molecular weight excluding hydrogens is 479 g/mol. The number of ether oxygens (including phenoxy) is 3. The largest absolute Gasteiger partial charge is 0.488 e. The molecule has 6 rings (SSSR count). The molecule has 0 saturated carbocycles. The summed E-state index contributed by atoms with van der Waals surface area (Å²) in [5, 5.41) is 11.9. The highest BCUT2D eigenvalue weighted by atomic mass is 19.1. The fourth-order valence-corrected chi connectivity index (χ4v) is 5.16. The quantitative estimate of drug-likeness (QED) is 0.376. The average molecular weight is 507 g/mol. The molecule has 2 aromatic carbocycles. The van der Waals surface area contributed by atoms with E-state index in [0.717, 1.165) is 18.7 Å². The van der Waals surface area contributed by atoms with Crippen molar-refractivity contribution >= 4 is 16.8 Å². The molecule has 1 N–H and O–H groups in total. The molecule has 4 heterocycles. The fraction of sp³-hybridized carbons (Fsp3) is 0.370. The van der Waals surface area contributed by atoms with Gasteiger partial charge in [-0.15, -0.1) is 0 Å². The highest BCUT2D eigenvalue weighted by molar-refractivity contribution is 5.95. The van der Waals surface area contributed by atoms with Gasteiger partial charge in [0.2, 0.25) is 0 Å². The van der Waals surface area contributed by atoms with E-state index in [4.69, 9.17) is 18.7 Å². The van der Waals surface area contributed by atoms with Gasteiger partial charge in [0.1, 0.15) is 18.0 Å². The van der Waals surface area contributed by atoms with Crippen LogP contribution < -0.4 is 4.74 Å². The zero-order valence-electron chi connectivity index (χ0n) is 20.6. The van der Waals surface area contributed by atoms with Crippen molar-refractivity contribution < 1.29 is 27.9 Å². The minimum absolute atomic E-state index is 0.0265. The third-order valence-corrected chi connectivity index (χ3v) is 7.35. The van der Waals surface area contributed by atoms with Crippen LogP contribution in [0, 0.1) is 17.2 Å². The van der Waals surface area contributed by atoms with Crippen molar-refractivity contribution in [3.8, 4) is 28.5 Å². The molecule has 2 fully saturated rings. The van der Waals surface area contributed by atoms with Crippen LogP contribution in [0.2, 0.25) is 0 Å². The molecule has 2 aromatic heterocycles. The number of aromatic amines is 1. The number of nitrogens with one attached hydrogen (secondary N) is 1. The minimum Gasteiger partial charge on any atom is -0.488 e. The molecule has 0 spiro atoms. The summed E-state index contributed by atoms with van der Waals surface area (Å²) >= 11 is 0. The van der Waals surface area contributed by atoms with Crippen molar-refractivity contribution in [1.82, 2.24) is 20.3 Å². The zero-order chi connectivity index (χ0) is 25.6. The Hall–Kier alpha value is -3.76. The van der Waals surface area contributed by atoms with Crippen molar-refractivity contribution in [3.63, 3.8) is 0 Å². The molecule has 1 amide bonds. The van der Waals surface area contributed by atoms with Gasteiger partial charge < -0.3 is 23.6 Å². The third-order valence-electron chi connectivity index (χ3n) is 7.35. The van der Waals surface area contributed by atoms with Gasteiger partial charge in [0.25, 0.3) is 5.91 Å². The van der Waals surface area contributed by atoms with Crippen molar-refractivity contribution in [2.24, 2.45) is 11.3 Å². The Bertz CT molecular complexity index is 1450. The second-order valence-electron chi connectivity index (χ2n) is 9.95. The van der Waals surface area contributed by atoms with Crippen LogP contribution in [-0.2, 0) is 9.47 Å². The maximum Gasteiger partial charge on any atom is 0.253 e. The summed E-state index contributed by atoms with van der Waals surface area (Å²) in [4.78, 5) is 15.0. The lowest BCUT2D eigenvalue weighted by Gasteiger charge is -2.21. The Morgan fingerprint density at radius 2 is 2.08 bits per heavy atom. The smallest absolute Gasteiger partial charge is 0.253 e. The maximum absolute atomic E-state index is 14.6. The van der Waals surface area contributed by atoms with Gasteiger partial charge in [-0.3, -0.25) is 9.89 Å². The summed E-state index contributed by atoms with van der Waals surface area (Å²) in [5.74, 6) is 0.429. The Morgan fingerprint density at radius 1 is 1.24 bits per heavy atom. The Balaban J connectivity index is 1.19. The molecule has 192 valence electrons. The topological polar surface area (TPSA) is 103 Å². The molecule has 0 radical (unpaired) electrons. The molecule has 2 aliphatic rings. The van der Waals surface area contributed by atoms with E-state index >= 15 is 0 Å². The van der Waals surface area contributed by atoms with Gasteiger partial charge >= 0.3 is 0 Å². The van der Waals surface area contributed by atoms with Gasteiger partial charge in [-0.25, -0.2) is 4.39 Å². The minimum atomic E-state index is -0.505. The number of amides is 1. The number of nitrogens with zero attached hydrogens (tertiary/aromatic N) is 3. The number of hydrogen-bond acceptors (Lipinski definition) is 7. The van der Waals surface area contributed by atoms with E-state index < -0.39 is 5.82 Å². The monoisotopic (exact) mass is 506 g/mol. The maximum atomic E-state index is 14.6. The second kappa shape index (κ2) is 9.28. The van der Waals surface area contributed by atoms with Crippen LogP contribution in [0.15, 0.2) is 47.0 Å². The van der Waals surface area contributed by atoms with Crippen LogP contribution in [0.1, 0.15) is 17.3 Å².